The van der Waals surface area contributed by atoms with Crippen molar-refractivity contribution in [1.29, 1.82) is 0 Å². The molecule has 0 heterocycles. The minimum Gasteiger partial charge on any atom is -0.362 e. The van der Waals surface area contributed by atoms with E-state index in [4.69, 9.17) is 11.2 Å². The van der Waals surface area contributed by atoms with E-state index >= 15 is 0 Å². The van der Waals surface area contributed by atoms with Crippen LogP contribution in [0.1, 0.15) is 78.1 Å². The van der Waals surface area contributed by atoms with Crippen LogP contribution in [0.4, 0.5) is 0 Å². The van der Waals surface area contributed by atoms with Gasteiger partial charge in [0.05, 0.1) is 0 Å². The SMILES string of the molecule is C#C[C@]1(OCCCC)CCC2C3CCC4=CC(=O)CCC4C3CC[C@@]21C. The van der Waals surface area contributed by atoms with Crippen molar-refractivity contribution < 1.29 is 9.53 Å². The molecule has 0 aromatic carbocycles. The van der Waals surface area contributed by atoms with Crippen molar-refractivity contribution in [1.82, 2.24) is 0 Å². The third-order valence-electron chi connectivity index (χ3n) is 8.50. The summed E-state index contributed by atoms with van der Waals surface area (Å²) in [5, 5.41) is 0. The van der Waals surface area contributed by atoms with Gasteiger partial charge in [-0.15, -0.1) is 6.42 Å². The van der Waals surface area contributed by atoms with Gasteiger partial charge in [0.15, 0.2) is 5.78 Å². The molecular weight excluding hydrogens is 320 g/mol. The molecule has 142 valence electrons. The van der Waals surface area contributed by atoms with Gasteiger partial charge in [-0.3, -0.25) is 4.79 Å². The molecule has 0 radical (unpaired) electrons. The van der Waals surface area contributed by atoms with E-state index in [2.05, 4.69) is 19.8 Å². The summed E-state index contributed by atoms with van der Waals surface area (Å²) in [5.74, 6) is 6.41. The molecular formula is C24H34O2. The van der Waals surface area contributed by atoms with Gasteiger partial charge in [0, 0.05) is 18.4 Å². The average Bonchev–Trinajstić information content (AvgIpc) is 2.94. The number of ether oxygens (including phenoxy) is 1. The normalized spacial score (nSPS) is 44.5. The number of ketones is 1. The molecule has 0 amide bonds. The zero-order valence-electron chi connectivity index (χ0n) is 16.6. The van der Waals surface area contributed by atoms with Crippen LogP contribution in [0.3, 0.4) is 0 Å². The highest BCUT2D eigenvalue weighted by molar-refractivity contribution is 5.91. The first-order valence-electron chi connectivity index (χ1n) is 10.9. The molecule has 26 heavy (non-hydrogen) atoms. The fraction of sp³-hybridized carbons (Fsp3) is 0.792. The number of fused-ring (bicyclic) bond motifs is 5. The molecule has 2 heteroatoms. The fourth-order valence-corrected chi connectivity index (χ4v) is 7.09. The van der Waals surface area contributed by atoms with Crippen LogP contribution >= 0.6 is 0 Å². The molecule has 0 aliphatic heterocycles. The Labute approximate surface area is 159 Å². The quantitative estimate of drug-likeness (QED) is 0.505. The summed E-state index contributed by atoms with van der Waals surface area (Å²) in [6, 6.07) is 0. The highest BCUT2D eigenvalue weighted by atomic mass is 16.5. The van der Waals surface area contributed by atoms with Crippen LogP contribution in [0.15, 0.2) is 11.6 Å². The molecule has 0 saturated heterocycles. The largest absolute Gasteiger partial charge is 0.362 e. The Bertz CT molecular complexity index is 641. The first-order valence-corrected chi connectivity index (χ1v) is 10.9. The summed E-state index contributed by atoms with van der Waals surface area (Å²) in [6.45, 7) is 5.44. The zero-order valence-corrected chi connectivity index (χ0v) is 16.6. The van der Waals surface area contributed by atoms with Crippen molar-refractivity contribution in [3.63, 3.8) is 0 Å². The monoisotopic (exact) mass is 354 g/mol. The van der Waals surface area contributed by atoms with E-state index in [9.17, 15) is 4.79 Å². The lowest BCUT2D eigenvalue weighted by atomic mass is 9.50. The third-order valence-corrected chi connectivity index (χ3v) is 8.50. The molecule has 0 spiro atoms. The van der Waals surface area contributed by atoms with Gasteiger partial charge in [-0.05, 0) is 81.1 Å². The summed E-state index contributed by atoms with van der Waals surface area (Å²) < 4.78 is 6.46. The van der Waals surface area contributed by atoms with Crippen LogP contribution in [0.25, 0.3) is 0 Å². The second-order valence-corrected chi connectivity index (χ2v) is 9.47. The maximum absolute atomic E-state index is 11.8. The molecule has 4 aliphatic rings. The van der Waals surface area contributed by atoms with Crippen molar-refractivity contribution in [2.45, 2.75) is 83.7 Å². The lowest BCUT2D eigenvalue weighted by Crippen LogP contribution is -2.53. The van der Waals surface area contributed by atoms with Gasteiger partial charge < -0.3 is 4.74 Å². The Kier molecular flexibility index (Phi) is 4.81. The summed E-state index contributed by atoms with van der Waals surface area (Å²) in [4.78, 5) is 11.8. The van der Waals surface area contributed by atoms with Crippen LogP contribution in [-0.2, 0) is 9.53 Å². The molecule has 0 bridgehead atoms. The zero-order chi connectivity index (χ0) is 18.4. The second-order valence-electron chi connectivity index (χ2n) is 9.47. The van der Waals surface area contributed by atoms with E-state index in [1.54, 1.807) is 0 Å². The molecule has 0 N–H and O–H groups in total. The van der Waals surface area contributed by atoms with Crippen LogP contribution < -0.4 is 0 Å². The van der Waals surface area contributed by atoms with Gasteiger partial charge in [-0.25, -0.2) is 0 Å². The number of hydrogen-bond donors (Lipinski definition) is 0. The Morgan fingerprint density at radius 3 is 2.81 bits per heavy atom. The predicted molar refractivity (Wildman–Crippen MR) is 105 cm³/mol. The molecule has 6 atom stereocenters. The summed E-state index contributed by atoms with van der Waals surface area (Å²) in [5.41, 5.74) is 1.24. The van der Waals surface area contributed by atoms with Crippen molar-refractivity contribution in [3.05, 3.63) is 11.6 Å². The van der Waals surface area contributed by atoms with E-state index in [1.165, 1.54) is 31.3 Å². The minimum absolute atomic E-state index is 0.127. The van der Waals surface area contributed by atoms with Crippen molar-refractivity contribution >= 4 is 5.78 Å². The molecule has 4 rings (SSSR count). The molecule has 4 unspecified atom stereocenters. The smallest absolute Gasteiger partial charge is 0.155 e. The van der Waals surface area contributed by atoms with Gasteiger partial charge in [0.25, 0.3) is 0 Å². The summed E-state index contributed by atoms with van der Waals surface area (Å²) >= 11 is 0. The Hall–Kier alpha value is -1.07. The predicted octanol–water partition coefficient (Wildman–Crippen LogP) is 5.32. The average molecular weight is 355 g/mol. The van der Waals surface area contributed by atoms with Gasteiger partial charge in [0.1, 0.15) is 5.60 Å². The van der Waals surface area contributed by atoms with Gasteiger partial charge >= 0.3 is 0 Å². The topological polar surface area (TPSA) is 26.3 Å². The van der Waals surface area contributed by atoms with Crippen molar-refractivity contribution in [2.24, 2.45) is 29.1 Å². The molecule has 4 aliphatic carbocycles. The highest BCUT2D eigenvalue weighted by Gasteiger charge is 2.63. The van der Waals surface area contributed by atoms with E-state index < -0.39 is 0 Å². The number of allylic oxidation sites excluding steroid dienone is 1. The number of terminal acetylenes is 1. The van der Waals surface area contributed by atoms with Crippen LogP contribution in [0, 0.1) is 41.4 Å². The molecule has 3 saturated carbocycles. The van der Waals surface area contributed by atoms with E-state index in [-0.39, 0.29) is 11.0 Å². The lowest BCUT2D eigenvalue weighted by molar-refractivity contribution is -0.123. The van der Waals surface area contributed by atoms with E-state index in [0.29, 0.717) is 17.6 Å². The molecule has 3 fully saturated rings. The second kappa shape index (κ2) is 6.83. The minimum atomic E-state index is -0.351. The van der Waals surface area contributed by atoms with Crippen molar-refractivity contribution in [3.8, 4) is 12.3 Å². The van der Waals surface area contributed by atoms with Gasteiger partial charge in [-0.2, -0.15) is 0 Å². The number of hydrogen-bond acceptors (Lipinski definition) is 2. The van der Waals surface area contributed by atoms with Crippen LogP contribution in [0.5, 0.6) is 0 Å². The summed E-state index contributed by atoms with van der Waals surface area (Å²) in [6.07, 6.45) is 19.3. The number of unbranched alkanes of at least 4 members (excludes halogenated alkanes) is 1. The fourth-order valence-electron chi connectivity index (χ4n) is 7.09. The van der Waals surface area contributed by atoms with E-state index in [0.717, 1.165) is 57.0 Å². The maximum atomic E-state index is 11.8. The molecule has 2 nitrogen and oxygen atoms in total. The van der Waals surface area contributed by atoms with Crippen LogP contribution in [0.2, 0.25) is 0 Å². The van der Waals surface area contributed by atoms with E-state index in [1.807, 2.05) is 6.08 Å². The first kappa shape index (κ1) is 18.3. The van der Waals surface area contributed by atoms with Crippen LogP contribution in [-0.4, -0.2) is 18.0 Å². The Balaban J connectivity index is 1.57. The number of carbonyl (C=O) groups excluding carboxylic acids is 1. The Morgan fingerprint density at radius 1 is 1.19 bits per heavy atom. The maximum Gasteiger partial charge on any atom is 0.155 e. The lowest BCUT2D eigenvalue weighted by Gasteiger charge is -2.55. The van der Waals surface area contributed by atoms with Crippen molar-refractivity contribution in [2.75, 3.05) is 6.61 Å². The molecule has 0 aromatic heterocycles. The van der Waals surface area contributed by atoms with Gasteiger partial charge in [-0.1, -0.05) is 31.8 Å². The standard InChI is InChI=1S/C24H34O2/c1-4-6-15-26-24(5-2)14-12-22-21-9-7-17-16-18(25)8-10-19(17)20(21)11-13-23(22,24)3/h2,16,19-22H,4,6-15H2,1,3H3/t19?,20?,21?,22?,23-,24-/m0/s1. The Morgan fingerprint density at radius 2 is 2.04 bits per heavy atom. The summed E-state index contributed by atoms with van der Waals surface area (Å²) in [7, 11) is 0. The highest BCUT2D eigenvalue weighted by Crippen LogP contribution is 2.65. The number of rotatable bonds is 4. The first-order chi connectivity index (χ1) is 12.5. The molecule has 0 aromatic rings. The number of carbonyl (C=O) groups is 1. The van der Waals surface area contributed by atoms with Gasteiger partial charge in [0.2, 0.25) is 0 Å². The third kappa shape index (κ3) is 2.62.